The zero-order valence-corrected chi connectivity index (χ0v) is 16.0. The number of nitrogens with one attached hydrogen (secondary N) is 1. The Hall–Kier alpha value is -3.82. The smallest absolute Gasteiger partial charge is 0.219 e. The van der Waals surface area contributed by atoms with Crippen LogP contribution in [0, 0.1) is 5.41 Å². The van der Waals surface area contributed by atoms with E-state index in [-0.39, 0.29) is 5.91 Å². The van der Waals surface area contributed by atoms with E-state index in [4.69, 9.17) is 16.1 Å². The van der Waals surface area contributed by atoms with Crippen LogP contribution in [0.3, 0.4) is 0 Å². The number of rotatable bonds is 4. The maximum atomic E-state index is 11.5. The first-order valence-electron chi connectivity index (χ1n) is 9.20. The van der Waals surface area contributed by atoms with E-state index in [1.807, 2.05) is 15.4 Å². The van der Waals surface area contributed by atoms with E-state index in [0.717, 1.165) is 30.8 Å². The molecule has 3 aromatic heterocycles. The van der Waals surface area contributed by atoms with Gasteiger partial charge in [-0.05, 0) is 12.1 Å². The van der Waals surface area contributed by atoms with Crippen LogP contribution >= 0.6 is 0 Å². The maximum Gasteiger partial charge on any atom is 0.219 e. The van der Waals surface area contributed by atoms with Gasteiger partial charge in [0.2, 0.25) is 5.91 Å². The van der Waals surface area contributed by atoms with Gasteiger partial charge in [-0.25, -0.2) is 19.9 Å². The van der Waals surface area contributed by atoms with Crippen LogP contribution in [0.1, 0.15) is 12.6 Å². The second-order valence-corrected chi connectivity index (χ2v) is 6.66. The highest BCUT2D eigenvalue weighted by Gasteiger charge is 2.20. The number of nitrogens with zero attached hydrogens (tertiary/aromatic N) is 7. The molecule has 4 heterocycles. The van der Waals surface area contributed by atoms with Crippen LogP contribution in [0.4, 0.5) is 5.82 Å². The predicted molar refractivity (Wildman–Crippen MR) is 109 cm³/mol. The number of hydrogen-bond donors (Lipinski definition) is 2. The summed E-state index contributed by atoms with van der Waals surface area (Å²) >= 11 is 0. The van der Waals surface area contributed by atoms with Gasteiger partial charge in [0.25, 0.3) is 0 Å². The van der Waals surface area contributed by atoms with Crippen molar-refractivity contribution in [2.24, 2.45) is 5.73 Å². The maximum absolute atomic E-state index is 11.5. The second-order valence-electron chi connectivity index (χ2n) is 6.66. The fraction of sp³-hybridized carbons (Fsp3) is 0.263. The van der Waals surface area contributed by atoms with Gasteiger partial charge in [0.1, 0.15) is 17.2 Å². The van der Waals surface area contributed by atoms with Gasteiger partial charge in [-0.2, -0.15) is 0 Å². The van der Waals surface area contributed by atoms with Crippen molar-refractivity contribution in [3.63, 3.8) is 0 Å². The molecule has 1 amide bonds. The van der Waals surface area contributed by atoms with Crippen molar-refractivity contribution in [1.82, 2.24) is 29.2 Å². The molecule has 4 rings (SSSR count). The summed E-state index contributed by atoms with van der Waals surface area (Å²) < 4.78 is 1.83. The third-order valence-corrected chi connectivity index (χ3v) is 4.87. The first kappa shape index (κ1) is 18.5. The number of piperazine rings is 1. The summed E-state index contributed by atoms with van der Waals surface area (Å²) in [5, 5.41) is 7.17. The quantitative estimate of drug-likeness (QED) is 0.629. The molecule has 0 bridgehead atoms. The third kappa shape index (κ3) is 3.64. The zero-order chi connectivity index (χ0) is 20.4. The molecule has 0 spiro atoms. The highest BCUT2D eigenvalue weighted by Crippen LogP contribution is 2.21. The van der Waals surface area contributed by atoms with Gasteiger partial charge < -0.3 is 20.9 Å². The van der Waals surface area contributed by atoms with Gasteiger partial charge in [-0.15, -0.1) is 0 Å². The zero-order valence-electron chi connectivity index (χ0n) is 16.0. The van der Waals surface area contributed by atoms with E-state index in [9.17, 15) is 4.79 Å². The number of amides is 1. The summed E-state index contributed by atoms with van der Waals surface area (Å²) in [5.41, 5.74) is 8.25. The molecule has 1 aliphatic heterocycles. The fourth-order valence-corrected chi connectivity index (χ4v) is 3.28. The van der Waals surface area contributed by atoms with Crippen molar-refractivity contribution in [2.75, 3.05) is 31.1 Å². The monoisotopic (exact) mass is 391 g/mol. The van der Waals surface area contributed by atoms with Crippen molar-refractivity contribution >= 4 is 29.3 Å². The van der Waals surface area contributed by atoms with Crippen LogP contribution < -0.4 is 10.6 Å². The second kappa shape index (κ2) is 7.66. The summed E-state index contributed by atoms with van der Waals surface area (Å²) in [7, 11) is 0. The van der Waals surface area contributed by atoms with Crippen LogP contribution in [0.25, 0.3) is 22.9 Å². The van der Waals surface area contributed by atoms with Gasteiger partial charge >= 0.3 is 0 Å². The Bertz CT molecular complexity index is 1100. The molecule has 1 fully saturated rings. The Morgan fingerprint density at radius 3 is 2.69 bits per heavy atom. The molecule has 29 heavy (non-hydrogen) atoms. The number of anilines is 1. The molecule has 1 saturated heterocycles. The lowest BCUT2D eigenvalue weighted by Gasteiger charge is -2.34. The molecule has 3 N–H and O–H groups in total. The van der Waals surface area contributed by atoms with Gasteiger partial charge in [0.05, 0.1) is 18.1 Å². The number of nitrogens with two attached hydrogens (primary N) is 1. The van der Waals surface area contributed by atoms with E-state index in [0.29, 0.717) is 36.0 Å². The molecule has 10 nitrogen and oxygen atoms in total. The first-order chi connectivity index (χ1) is 14.1. The molecule has 0 radical (unpaired) electrons. The van der Waals surface area contributed by atoms with Crippen LogP contribution in [-0.2, 0) is 4.79 Å². The predicted octanol–water partition coefficient (Wildman–Crippen LogP) is 0.804. The molecule has 10 heteroatoms. The Morgan fingerprint density at radius 2 is 1.97 bits per heavy atom. The summed E-state index contributed by atoms with van der Waals surface area (Å²) in [6.07, 6.45) is 9.39. The van der Waals surface area contributed by atoms with E-state index < -0.39 is 0 Å². The molecule has 148 valence electrons. The highest BCUT2D eigenvalue weighted by molar-refractivity contribution is 5.80. The van der Waals surface area contributed by atoms with Crippen molar-refractivity contribution in [3.8, 4) is 11.5 Å². The minimum atomic E-state index is 0.0968. The van der Waals surface area contributed by atoms with Crippen molar-refractivity contribution in [2.45, 2.75) is 6.92 Å². The van der Waals surface area contributed by atoms with Crippen molar-refractivity contribution in [3.05, 3.63) is 42.6 Å². The topological polar surface area (TPSA) is 129 Å². The summed E-state index contributed by atoms with van der Waals surface area (Å²) in [6, 6.07) is 1.87. The average molecular weight is 391 g/mol. The van der Waals surface area contributed by atoms with E-state index >= 15 is 0 Å². The molecule has 1 aliphatic rings. The van der Waals surface area contributed by atoms with Crippen LogP contribution in [0.15, 0.2) is 36.9 Å². The SMILES string of the molecule is CC(=O)N1CCN(c2ccnc(-c3cnc4cnc(/C(N)=C/C=N)cn34)n2)CC1. The van der Waals surface area contributed by atoms with Crippen molar-refractivity contribution in [1.29, 1.82) is 5.41 Å². The number of allylic oxidation sites excluding steroid dienone is 1. The summed E-state index contributed by atoms with van der Waals surface area (Å²) in [4.78, 5) is 33.3. The number of imidazole rings is 1. The number of hydrogen-bond acceptors (Lipinski definition) is 8. The van der Waals surface area contributed by atoms with E-state index in [1.165, 1.54) is 6.08 Å². The van der Waals surface area contributed by atoms with Gasteiger partial charge in [0.15, 0.2) is 11.5 Å². The Morgan fingerprint density at radius 1 is 1.17 bits per heavy atom. The van der Waals surface area contributed by atoms with E-state index in [2.05, 4.69) is 19.9 Å². The average Bonchev–Trinajstić information content (AvgIpc) is 3.17. The van der Waals surface area contributed by atoms with Gasteiger partial charge in [-0.3, -0.25) is 9.20 Å². The lowest BCUT2D eigenvalue weighted by Crippen LogP contribution is -2.48. The number of fused-ring (bicyclic) bond motifs is 1. The molecule has 0 atom stereocenters. The summed E-state index contributed by atoms with van der Waals surface area (Å²) in [5.74, 6) is 1.45. The largest absolute Gasteiger partial charge is 0.397 e. The van der Waals surface area contributed by atoms with E-state index in [1.54, 1.807) is 31.7 Å². The number of aromatic nitrogens is 5. The number of carbonyl (C=O) groups is 1. The Balaban J connectivity index is 1.65. The minimum absolute atomic E-state index is 0.0968. The summed E-state index contributed by atoms with van der Waals surface area (Å²) in [6.45, 7) is 4.40. The van der Waals surface area contributed by atoms with Gasteiger partial charge in [0, 0.05) is 51.7 Å². The minimum Gasteiger partial charge on any atom is -0.397 e. The Kier molecular flexibility index (Phi) is 4.90. The Labute approximate surface area is 167 Å². The highest BCUT2D eigenvalue weighted by atomic mass is 16.2. The van der Waals surface area contributed by atoms with Gasteiger partial charge in [-0.1, -0.05) is 0 Å². The molecule has 0 aliphatic carbocycles. The third-order valence-electron chi connectivity index (χ3n) is 4.87. The number of carbonyl (C=O) groups excluding carboxylic acids is 1. The normalized spacial score (nSPS) is 15.0. The molecule has 3 aromatic rings. The van der Waals surface area contributed by atoms with Crippen molar-refractivity contribution < 1.29 is 4.79 Å². The molecule has 0 saturated carbocycles. The standard InChI is InChI=1S/C19H21N9O/c1-13(29)26-6-8-27(9-7-26)17-3-5-22-19(25-17)16-10-24-18-11-23-15(12-28(16)18)14(21)2-4-20/h2-5,10-12,20H,6-9,21H2,1H3/b14-2-,20-4?. The first-order valence-corrected chi connectivity index (χ1v) is 9.20. The molecular weight excluding hydrogens is 370 g/mol. The van der Waals surface area contributed by atoms with Crippen LogP contribution in [-0.4, -0.2) is 67.5 Å². The lowest BCUT2D eigenvalue weighted by molar-refractivity contribution is -0.129. The molecule has 0 aromatic carbocycles. The van der Waals surface area contributed by atoms with Crippen LogP contribution in [0.2, 0.25) is 0 Å². The molecule has 0 unspecified atom stereocenters. The lowest BCUT2D eigenvalue weighted by atomic mass is 10.3. The fourth-order valence-electron chi connectivity index (χ4n) is 3.28. The van der Waals surface area contributed by atoms with Crippen LogP contribution in [0.5, 0.6) is 0 Å². The molecular formula is C19H21N9O.